The molecule has 0 bridgehead atoms. The van der Waals surface area contributed by atoms with Gasteiger partial charge in [0.1, 0.15) is 16.6 Å². The monoisotopic (exact) mass is 261 g/mol. The first-order valence-electron chi connectivity index (χ1n) is 5.40. The van der Waals surface area contributed by atoms with E-state index < -0.39 is 0 Å². The highest BCUT2D eigenvalue weighted by Crippen LogP contribution is 2.09. The minimum atomic E-state index is -0.251. The lowest BCUT2D eigenvalue weighted by molar-refractivity contribution is 0.626. The first-order valence-corrected chi connectivity index (χ1v) is 5.81. The van der Waals surface area contributed by atoms with E-state index in [2.05, 4.69) is 10.3 Å². The van der Waals surface area contributed by atoms with Crippen LogP contribution in [0.2, 0.25) is 0 Å². The van der Waals surface area contributed by atoms with Crippen molar-refractivity contribution in [2.24, 2.45) is 5.73 Å². The number of hydrogen-bond donors (Lipinski definition) is 2. The summed E-state index contributed by atoms with van der Waals surface area (Å²) in [5, 5.41) is 3.09. The predicted molar refractivity (Wildman–Crippen MR) is 73.9 cm³/mol. The molecule has 0 saturated heterocycles. The van der Waals surface area contributed by atoms with E-state index in [0.717, 1.165) is 5.56 Å². The lowest BCUT2D eigenvalue weighted by Crippen LogP contribution is -2.12. The average Bonchev–Trinajstić information content (AvgIpc) is 2.37. The van der Waals surface area contributed by atoms with Crippen LogP contribution in [0.1, 0.15) is 11.3 Å². The van der Waals surface area contributed by atoms with Gasteiger partial charge in [0.2, 0.25) is 0 Å². The number of nitrogens with zero attached hydrogens (tertiary/aromatic N) is 1. The maximum absolute atomic E-state index is 13.0. The topological polar surface area (TPSA) is 50.9 Å². The molecule has 3 N–H and O–H groups in total. The molecule has 3 nitrogen and oxygen atoms in total. The summed E-state index contributed by atoms with van der Waals surface area (Å²) in [5.41, 5.74) is 6.91. The van der Waals surface area contributed by atoms with Gasteiger partial charge in [0.25, 0.3) is 0 Å². The molecule has 0 fully saturated rings. The highest BCUT2D eigenvalue weighted by Gasteiger charge is 2.00. The van der Waals surface area contributed by atoms with E-state index in [1.54, 1.807) is 18.2 Å². The van der Waals surface area contributed by atoms with Gasteiger partial charge in [-0.3, -0.25) is 0 Å². The highest BCUT2D eigenvalue weighted by atomic mass is 32.1. The van der Waals surface area contributed by atoms with Crippen molar-refractivity contribution in [2.75, 3.05) is 5.32 Å². The van der Waals surface area contributed by atoms with Crippen LogP contribution in [0, 0.1) is 5.82 Å². The van der Waals surface area contributed by atoms with Crippen LogP contribution in [0.15, 0.2) is 42.5 Å². The number of hydrogen-bond acceptors (Lipinski definition) is 3. The van der Waals surface area contributed by atoms with Gasteiger partial charge < -0.3 is 11.1 Å². The van der Waals surface area contributed by atoms with Crippen molar-refractivity contribution >= 4 is 23.0 Å². The molecule has 1 aromatic carbocycles. The van der Waals surface area contributed by atoms with Crippen molar-refractivity contribution in [2.45, 2.75) is 6.54 Å². The third-order valence-electron chi connectivity index (χ3n) is 2.36. The SMILES string of the molecule is NC(=S)c1cccc(NCc2cccc(F)c2)n1. The molecule has 2 aromatic rings. The minimum absolute atomic E-state index is 0.251. The molecule has 0 saturated carbocycles. The summed E-state index contributed by atoms with van der Waals surface area (Å²) in [6.07, 6.45) is 0. The van der Waals surface area contributed by atoms with Gasteiger partial charge in [-0.1, -0.05) is 30.4 Å². The quantitative estimate of drug-likeness (QED) is 0.830. The van der Waals surface area contributed by atoms with Crippen LogP contribution in [0.3, 0.4) is 0 Å². The molecule has 1 aromatic heterocycles. The van der Waals surface area contributed by atoms with E-state index in [-0.39, 0.29) is 10.8 Å². The summed E-state index contributed by atoms with van der Waals surface area (Å²) in [4.78, 5) is 4.49. The van der Waals surface area contributed by atoms with Crippen molar-refractivity contribution in [1.29, 1.82) is 0 Å². The number of benzene rings is 1. The maximum atomic E-state index is 13.0. The summed E-state index contributed by atoms with van der Waals surface area (Å²) in [6.45, 7) is 0.492. The molecule has 18 heavy (non-hydrogen) atoms. The van der Waals surface area contributed by atoms with E-state index >= 15 is 0 Å². The van der Waals surface area contributed by atoms with Crippen LogP contribution in [-0.4, -0.2) is 9.97 Å². The number of nitrogens with one attached hydrogen (secondary N) is 1. The Labute approximate surface area is 110 Å². The molecular formula is C13H12FN3S. The number of pyridine rings is 1. The first kappa shape index (κ1) is 12.4. The molecule has 0 aliphatic carbocycles. The molecule has 1 heterocycles. The number of halogens is 1. The smallest absolute Gasteiger partial charge is 0.127 e. The van der Waals surface area contributed by atoms with Gasteiger partial charge in [-0.25, -0.2) is 9.37 Å². The summed E-state index contributed by atoms with van der Waals surface area (Å²) >= 11 is 4.85. The second kappa shape index (κ2) is 5.55. The molecule has 0 aliphatic rings. The molecule has 0 spiro atoms. The third-order valence-corrected chi connectivity index (χ3v) is 2.57. The molecule has 0 unspecified atom stereocenters. The van der Waals surface area contributed by atoms with E-state index in [9.17, 15) is 4.39 Å². The Kier molecular flexibility index (Phi) is 3.84. The zero-order chi connectivity index (χ0) is 13.0. The Morgan fingerprint density at radius 1 is 1.28 bits per heavy atom. The van der Waals surface area contributed by atoms with E-state index in [4.69, 9.17) is 18.0 Å². The zero-order valence-electron chi connectivity index (χ0n) is 9.56. The van der Waals surface area contributed by atoms with Gasteiger partial charge in [0, 0.05) is 6.54 Å². The van der Waals surface area contributed by atoms with Crippen molar-refractivity contribution in [3.05, 3.63) is 59.5 Å². The molecule has 0 atom stereocenters. The summed E-state index contributed by atoms with van der Waals surface area (Å²) < 4.78 is 13.0. The van der Waals surface area contributed by atoms with Gasteiger partial charge in [-0.2, -0.15) is 0 Å². The molecule has 5 heteroatoms. The van der Waals surface area contributed by atoms with Gasteiger partial charge >= 0.3 is 0 Å². The predicted octanol–water partition coefficient (Wildman–Crippen LogP) is 2.47. The van der Waals surface area contributed by atoms with Crippen LogP contribution in [0.25, 0.3) is 0 Å². The molecule has 92 valence electrons. The Morgan fingerprint density at radius 3 is 2.78 bits per heavy atom. The number of aromatic nitrogens is 1. The summed E-state index contributed by atoms with van der Waals surface area (Å²) in [6, 6.07) is 11.8. The standard InChI is InChI=1S/C13H12FN3S/c14-10-4-1-3-9(7-10)8-16-12-6-2-5-11(17-12)13(15)18/h1-7H,8H2,(H2,15,18)(H,16,17). The Balaban J connectivity index is 2.06. The van der Waals surface area contributed by atoms with Crippen LogP contribution < -0.4 is 11.1 Å². The summed E-state index contributed by atoms with van der Waals surface area (Å²) in [5.74, 6) is 0.406. The first-order chi connectivity index (χ1) is 8.65. The second-order valence-electron chi connectivity index (χ2n) is 3.76. The Morgan fingerprint density at radius 2 is 2.06 bits per heavy atom. The summed E-state index contributed by atoms with van der Waals surface area (Å²) in [7, 11) is 0. The largest absolute Gasteiger partial charge is 0.388 e. The maximum Gasteiger partial charge on any atom is 0.127 e. The highest BCUT2D eigenvalue weighted by molar-refractivity contribution is 7.80. The molecule has 0 amide bonds. The van der Waals surface area contributed by atoms with Crippen molar-refractivity contribution in [3.63, 3.8) is 0 Å². The van der Waals surface area contributed by atoms with Crippen molar-refractivity contribution in [1.82, 2.24) is 4.98 Å². The molecular weight excluding hydrogens is 249 g/mol. The number of nitrogens with two attached hydrogens (primary N) is 1. The number of rotatable bonds is 4. The number of anilines is 1. The molecule has 2 rings (SSSR count). The van der Waals surface area contributed by atoms with Crippen molar-refractivity contribution in [3.8, 4) is 0 Å². The number of thiocarbonyl (C=S) groups is 1. The van der Waals surface area contributed by atoms with Gasteiger partial charge in [-0.05, 0) is 29.8 Å². The van der Waals surface area contributed by atoms with Crippen LogP contribution in [-0.2, 0) is 6.54 Å². The van der Waals surface area contributed by atoms with Crippen molar-refractivity contribution < 1.29 is 4.39 Å². The van der Waals surface area contributed by atoms with Gasteiger partial charge in [0.05, 0.1) is 5.69 Å². The fourth-order valence-corrected chi connectivity index (χ4v) is 1.62. The lowest BCUT2D eigenvalue weighted by Gasteiger charge is -2.07. The average molecular weight is 261 g/mol. The van der Waals surface area contributed by atoms with E-state index in [1.165, 1.54) is 12.1 Å². The second-order valence-corrected chi connectivity index (χ2v) is 4.20. The normalized spacial score (nSPS) is 10.1. The van der Waals surface area contributed by atoms with E-state index in [0.29, 0.717) is 18.1 Å². The van der Waals surface area contributed by atoms with Gasteiger partial charge in [-0.15, -0.1) is 0 Å². The van der Waals surface area contributed by atoms with Gasteiger partial charge in [0.15, 0.2) is 0 Å². The third kappa shape index (κ3) is 3.24. The fourth-order valence-electron chi connectivity index (χ4n) is 1.51. The molecule has 0 aliphatic heterocycles. The van der Waals surface area contributed by atoms with Crippen LogP contribution in [0.5, 0.6) is 0 Å². The fraction of sp³-hybridized carbons (Fsp3) is 0.0769. The Bertz CT molecular complexity index is 572. The zero-order valence-corrected chi connectivity index (χ0v) is 10.4. The van der Waals surface area contributed by atoms with E-state index in [1.807, 2.05) is 12.1 Å². The Hall–Kier alpha value is -2.01. The van der Waals surface area contributed by atoms with Crippen LogP contribution >= 0.6 is 12.2 Å². The van der Waals surface area contributed by atoms with Crippen LogP contribution in [0.4, 0.5) is 10.2 Å². The minimum Gasteiger partial charge on any atom is -0.388 e. The lowest BCUT2D eigenvalue weighted by atomic mass is 10.2. The molecule has 0 radical (unpaired) electrons.